The van der Waals surface area contributed by atoms with Gasteiger partial charge in [-0.25, -0.2) is 5.01 Å². The summed E-state index contributed by atoms with van der Waals surface area (Å²) < 4.78 is 0. The molecule has 0 fully saturated rings. The highest BCUT2D eigenvalue weighted by Gasteiger charge is 2.35. The Balaban J connectivity index is 2.75. The molecule has 1 heterocycles. The first kappa shape index (κ1) is 12.2. The zero-order valence-electron chi connectivity index (χ0n) is 9.86. The van der Waals surface area contributed by atoms with Crippen LogP contribution < -0.4 is 5.73 Å². The van der Waals surface area contributed by atoms with Gasteiger partial charge in [0.1, 0.15) is 0 Å². The van der Waals surface area contributed by atoms with E-state index in [0.717, 1.165) is 18.6 Å². The summed E-state index contributed by atoms with van der Waals surface area (Å²) in [4.78, 5) is 12.0. The maximum atomic E-state index is 12.0. The lowest BCUT2D eigenvalue weighted by molar-refractivity contribution is -0.134. The molecule has 0 radical (unpaired) electrons. The van der Waals surface area contributed by atoms with Crippen molar-refractivity contribution in [2.24, 2.45) is 16.8 Å². The molecule has 0 aromatic carbocycles. The number of carbonyl (C=O) groups excluding carboxylic acids is 1. The van der Waals surface area contributed by atoms with Crippen LogP contribution in [0.4, 0.5) is 0 Å². The van der Waals surface area contributed by atoms with Crippen LogP contribution in [0.2, 0.25) is 0 Å². The first-order chi connectivity index (χ1) is 7.15. The molecule has 1 atom stereocenters. The number of hydrazone groups is 1. The lowest BCUT2D eigenvalue weighted by atomic mass is 10.00. The van der Waals surface area contributed by atoms with Gasteiger partial charge in [-0.15, -0.1) is 0 Å². The van der Waals surface area contributed by atoms with Crippen LogP contribution in [0.1, 0.15) is 40.0 Å². The molecular formula is C11H21N3O. The fraction of sp³-hybridized carbons (Fsp3) is 0.818. The van der Waals surface area contributed by atoms with Crippen molar-refractivity contribution < 1.29 is 4.79 Å². The molecule has 1 aliphatic heterocycles. The predicted molar refractivity (Wildman–Crippen MR) is 61.5 cm³/mol. The van der Waals surface area contributed by atoms with Gasteiger partial charge in [0.15, 0.2) is 0 Å². The molecule has 86 valence electrons. The van der Waals surface area contributed by atoms with E-state index in [4.69, 9.17) is 5.73 Å². The molecule has 0 spiro atoms. The van der Waals surface area contributed by atoms with Crippen LogP contribution in [0.15, 0.2) is 5.10 Å². The molecule has 1 amide bonds. The van der Waals surface area contributed by atoms with Gasteiger partial charge in [-0.1, -0.05) is 13.8 Å². The van der Waals surface area contributed by atoms with Crippen molar-refractivity contribution in [2.75, 3.05) is 6.54 Å². The molecule has 4 nitrogen and oxygen atoms in total. The number of nitrogens with zero attached hydrogens (tertiary/aromatic N) is 2. The molecule has 2 N–H and O–H groups in total. The lowest BCUT2D eigenvalue weighted by Gasteiger charge is -2.22. The molecule has 0 saturated heterocycles. The molecule has 0 aliphatic carbocycles. The van der Waals surface area contributed by atoms with E-state index in [9.17, 15) is 4.79 Å². The summed E-state index contributed by atoms with van der Waals surface area (Å²) in [5.74, 6) is 0.0576. The fourth-order valence-corrected chi connectivity index (χ4v) is 2.02. The van der Waals surface area contributed by atoms with Gasteiger partial charge >= 0.3 is 0 Å². The minimum atomic E-state index is -0.0735. The average molecular weight is 211 g/mol. The summed E-state index contributed by atoms with van der Waals surface area (Å²) in [6, 6.07) is 0.246. The quantitative estimate of drug-likeness (QED) is 0.746. The van der Waals surface area contributed by atoms with Crippen molar-refractivity contribution in [3.63, 3.8) is 0 Å². The van der Waals surface area contributed by atoms with E-state index in [1.807, 2.05) is 6.92 Å². The van der Waals surface area contributed by atoms with Crippen LogP contribution in [-0.4, -0.2) is 29.2 Å². The summed E-state index contributed by atoms with van der Waals surface area (Å²) in [7, 11) is 0. The highest BCUT2D eigenvalue weighted by Crippen LogP contribution is 2.23. The van der Waals surface area contributed by atoms with Crippen molar-refractivity contribution in [1.29, 1.82) is 0 Å². The molecule has 1 aliphatic rings. The summed E-state index contributed by atoms with van der Waals surface area (Å²) in [5.41, 5.74) is 6.41. The molecule has 1 rings (SSSR count). The van der Waals surface area contributed by atoms with Crippen molar-refractivity contribution >= 4 is 11.6 Å². The molecule has 4 heteroatoms. The number of hydrogen-bond donors (Lipinski definition) is 1. The number of carbonyl (C=O) groups is 1. The second-order valence-electron chi connectivity index (χ2n) is 4.02. The van der Waals surface area contributed by atoms with Crippen LogP contribution in [-0.2, 0) is 4.79 Å². The Hall–Kier alpha value is -0.900. The first-order valence-corrected chi connectivity index (χ1v) is 5.73. The van der Waals surface area contributed by atoms with E-state index in [-0.39, 0.29) is 17.9 Å². The van der Waals surface area contributed by atoms with Crippen molar-refractivity contribution in [1.82, 2.24) is 5.01 Å². The van der Waals surface area contributed by atoms with E-state index in [1.165, 1.54) is 0 Å². The molecule has 15 heavy (non-hydrogen) atoms. The van der Waals surface area contributed by atoms with Gasteiger partial charge < -0.3 is 5.73 Å². The molecule has 0 aromatic rings. The van der Waals surface area contributed by atoms with E-state index in [1.54, 1.807) is 5.01 Å². The van der Waals surface area contributed by atoms with Crippen molar-refractivity contribution in [3.8, 4) is 0 Å². The van der Waals surface area contributed by atoms with Gasteiger partial charge in [-0.05, 0) is 32.7 Å². The minimum Gasteiger partial charge on any atom is -0.330 e. The maximum absolute atomic E-state index is 12.0. The second kappa shape index (κ2) is 5.26. The maximum Gasteiger partial charge on any atom is 0.251 e. The molecular weight excluding hydrogens is 190 g/mol. The number of amides is 1. The Morgan fingerprint density at radius 3 is 2.53 bits per heavy atom. The summed E-state index contributed by atoms with van der Waals surface area (Å²) in [5, 5.41) is 6.02. The van der Waals surface area contributed by atoms with Gasteiger partial charge in [0, 0.05) is 5.71 Å². The average Bonchev–Trinajstić information content (AvgIpc) is 2.49. The number of rotatable bonds is 5. The predicted octanol–water partition coefficient (Wildman–Crippen LogP) is 1.36. The topological polar surface area (TPSA) is 58.7 Å². The standard InChI is InChI=1S/C11H21N3O/c1-4-9(5-2)14-11(15)10(6-7-12)8(3)13-14/h9-10H,4-7,12H2,1-3H3. The largest absolute Gasteiger partial charge is 0.330 e. The zero-order valence-corrected chi connectivity index (χ0v) is 9.86. The molecule has 1 unspecified atom stereocenters. The van der Waals surface area contributed by atoms with Gasteiger partial charge in [0.25, 0.3) is 5.91 Å². The summed E-state index contributed by atoms with van der Waals surface area (Å²) >= 11 is 0. The van der Waals surface area contributed by atoms with Crippen LogP contribution in [0, 0.1) is 5.92 Å². The number of hydrogen-bond acceptors (Lipinski definition) is 3. The first-order valence-electron chi connectivity index (χ1n) is 5.73. The van der Waals surface area contributed by atoms with E-state index >= 15 is 0 Å². The fourth-order valence-electron chi connectivity index (χ4n) is 2.02. The van der Waals surface area contributed by atoms with E-state index < -0.39 is 0 Å². The second-order valence-corrected chi connectivity index (χ2v) is 4.02. The third kappa shape index (κ3) is 2.37. The van der Waals surface area contributed by atoms with Gasteiger partial charge in [-0.2, -0.15) is 5.10 Å². The Labute approximate surface area is 91.5 Å². The Morgan fingerprint density at radius 1 is 1.47 bits per heavy atom. The highest BCUT2D eigenvalue weighted by molar-refractivity contribution is 6.06. The Kier molecular flexibility index (Phi) is 4.27. The monoisotopic (exact) mass is 211 g/mol. The lowest BCUT2D eigenvalue weighted by Crippen LogP contribution is -2.35. The van der Waals surface area contributed by atoms with Crippen LogP contribution >= 0.6 is 0 Å². The smallest absolute Gasteiger partial charge is 0.251 e. The zero-order chi connectivity index (χ0) is 11.4. The Morgan fingerprint density at radius 2 is 2.07 bits per heavy atom. The van der Waals surface area contributed by atoms with E-state index in [2.05, 4.69) is 18.9 Å². The van der Waals surface area contributed by atoms with Gasteiger partial charge in [-0.3, -0.25) is 4.79 Å². The SMILES string of the molecule is CCC(CC)N1N=C(C)C(CCN)C1=O. The molecule has 0 saturated carbocycles. The van der Waals surface area contributed by atoms with Crippen LogP contribution in [0.5, 0.6) is 0 Å². The van der Waals surface area contributed by atoms with Crippen molar-refractivity contribution in [2.45, 2.75) is 46.1 Å². The van der Waals surface area contributed by atoms with E-state index in [0.29, 0.717) is 13.0 Å². The Bertz CT molecular complexity index is 259. The van der Waals surface area contributed by atoms with Crippen molar-refractivity contribution in [3.05, 3.63) is 0 Å². The third-order valence-corrected chi connectivity index (χ3v) is 3.04. The summed E-state index contributed by atoms with van der Waals surface area (Å²) in [6.07, 6.45) is 2.62. The van der Waals surface area contributed by atoms with Gasteiger partial charge in [0.2, 0.25) is 0 Å². The summed E-state index contributed by atoms with van der Waals surface area (Å²) in [6.45, 7) is 6.63. The van der Waals surface area contributed by atoms with Crippen LogP contribution in [0.25, 0.3) is 0 Å². The van der Waals surface area contributed by atoms with Crippen LogP contribution in [0.3, 0.4) is 0 Å². The third-order valence-electron chi connectivity index (χ3n) is 3.04. The highest BCUT2D eigenvalue weighted by atomic mass is 16.2. The minimum absolute atomic E-state index is 0.0735. The molecule has 0 bridgehead atoms. The van der Waals surface area contributed by atoms with Gasteiger partial charge in [0.05, 0.1) is 12.0 Å². The number of nitrogens with two attached hydrogens (primary N) is 1. The molecule has 0 aromatic heterocycles. The normalized spacial score (nSPS) is 21.4.